The van der Waals surface area contributed by atoms with Gasteiger partial charge in [0.25, 0.3) is 5.91 Å². The molecule has 124 valence electrons. The SMILES string of the molecule is CC(C)CCC(C)NC(=O)C12CCC(=O)N1c1ccccc1S2. The van der Waals surface area contributed by atoms with Crippen LogP contribution in [0.3, 0.4) is 0 Å². The average Bonchev–Trinajstić information content (AvgIpc) is 3.01. The summed E-state index contributed by atoms with van der Waals surface area (Å²) in [7, 11) is 0. The lowest BCUT2D eigenvalue weighted by Gasteiger charge is -2.31. The zero-order valence-corrected chi connectivity index (χ0v) is 14.8. The fourth-order valence-corrected chi connectivity index (χ4v) is 4.71. The number of amides is 2. The topological polar surface area (TPSA) is 49.4 Å². The number of hydrogen-bond acceptors (Lipinski definition) is 3. The molecule has 0 aromatic heterocycles. The van der Waals surface area contributed by atoms with E-state index in [1.165, 1.54) is 11.8 Å². The molecule has 5 heteroatoms. The lowest BCUT2D eigenvalue weighted by molar-refractivity contribution is -0.125. The third-order valence-corrected chi connectivity index (χ3v) is 6.06. The van der Waals surface area contributed by atoms with Gasteiger partial charge in [-0.15, -0.1) is 0 Å². The molecule has 0 radical (unpaired) electrons. The van der Waals surface area contributed by atoms with Crippen LogP contribution in [0.4, 0.5) is 5.69 Å². The first-order valence-electron chi connectivity index (χ1n) is 8.36. The van der Waals surface area contributed by atoms with E-state index in [1.807, 2.05) is 31.2 Å². The molecule has 2 heterocycles. The Kier molecular flexibility index (Phi) is 4.41. The van der Waals surface area contributed by atoms with E-state index < -0.39 is 4.87 Å². The van der Waals surface area contributed by atoms with Crippen molar-refractivity contribution < 1.29 is 9.59 Å². The van der Waals surface area contributed by atoms with Crippen LogP contribution in [-0.2, 0) is 9.59 Å². The summed E-state index contributed by atoms with van der Waals surface area (Å²) >= 11 is 1.53. The highest BCUT2D eigenvalue weighted by Crippen LogP contribution is 2.55. The molecule has 0 aliphatic carbocycles. The molecule has 1 N–H and O–H groups in total. The molecule has 1 saturated heterocycles. The number of hydrogen-bond donors (Lipinski definition) is 1. The smallest absolute Gasteiger partial charge is 0.257 e. The highest BCUT2D eigenvalue weighted by Gasteiger charge is 2.57. The van der Waals surface area contributed by atoms with Crippen molar-refractivity contribution in [2.24, 2.45) is 5.92 Å². The summed E-state index contributed by atoms with van der Waals surface area (Å²) in [6, 6.07) is 7.92. The summed E-state index contributed by atoms with van der Waals surface area (Å²) in [6.07, 6.45) is 3.07. The van der Waals surface area contributed by atoms with E-state index in [-0.39, 0.29) is 17.9 Å². The third-order valence-electron chi connectivity index (χ3n) is 4.58. The Morgan fingerprint density at radius 2 is 2.04 bits per heavy atom. The first-order valence-corrected chi connectivity index (χ1v) is 9.18. The predicted octanol–water partition coefficient (Wildman–Crippen LogP) is 3.56. The Balaban J connectivity index is 1.78. The van der Waals surface area contributed by atoms with Crippen molar-refractivity contribution >= 4 is 29.3 Å². The van der Waals surface area contributed by atoms with Gasteiger partial charge in [-0.1, -0.05) is 37.7 Å². The van der Waals surface area contributed by atoms with Gasteiger partial charge >= 0.3 is 0 Å². The van der Waals surface area contributed by atoms with E-state index in [4.69, 9.17) is 0 Å². The highest BCUT2D eigenvalue weighted by atomic mass is 32.2. The quantitative estimate of drug-likeness (QED) is 0.897. The van der Waals surface area contributed by atoms with Crippen LogP contribution in [0, 0.1) is 5.92 Å². The number of anilines is 1. The lowest BCUT2D eigenvalue weighted by Crippen LogP contribution is -2.54. The second-order valence-corrected chi connectivity index (χ2v) is 8.25. The summed E-state index contributed by atoms with van der Waals surface area (Å²) in [5.41, 5.74) is 0.880. The van der Waals surface area contributed by atoms with E-state index >= 15 is 0 Å². The largest absolute Gasteiger partial charge is 0.351 e. The second-order valence-electron chi connectivity index (χ2n) is 6.93. The number of nitrogens with one attached hydrogen (secondary N) is 1. The van der Waals surface area contributed by atoms with Crippen molar-refractivity contribution in [3.8, 4) is 0 Å². The van der Waals surface area contributed by atoms with Gasteiger partial charge in [-0.3, -0.25) is 14.5 Å². The number of fused-ring (bicyclic) bond motifs is 3. The molecule has 2 aliphatic heterocycles. The fraction of sp³-hybridized carbons (Fsp3) is 0.556. The van der Waals surface area contributed by atoms with E-state index in [2.05, 4.69) is 19.2 Å². The van der Waals surface area contributed by atoms with E-state index in [9.17, 15) is 9.59 Å². The van der Waals surface area contributed by atoms with Crippen LogP contribution in [-0.4, -0.2) is 22.7 Å². The Bertz CT molecular complexity index is 631. The number of carbonyl (C=O) groups is 2. The number of para-hydroxylation sites is 1. The van der Waals surface area contributed by atoms with Gasteiger partial charge in [-0.25, -0.2) is 0 Å². The maximum atomic E-state index is 13.0. The van der Waals surface area contributed by atoms with Crippen LogP contribution in [0.15, 0.2) is 29.2 Å². The number of thioether (sulfide) groups is 1. The van der Waals surface area contributed by atoms with Gasteiger partial charge in [0, 0.05) is 17.4 Å². The summed E-state index contributed by atoms with van der Waals surface area (Å²) in [6.45, 7) is 6.42. The molecule has 3 rings (SSSR count). The zero-order chi connectivity index (χ0) is 16.6. The van der Waals surface area contributed by atoms with Crippen LogP contribution in [0.2, 0.25) is 0 Å². The molecular weight excluding hydrogens is 308 g/mol. The molecule has 4 nitrogen and oxygen atoms in total. The van der Waals surface area contributed by atoms with Gasteiger partial charge in [-0.2, -0.15) is 0 Å². The summed E-state index contributed by atoms with van der Waals surface area (Å²) in [5, 5.41) is 3.14. The highest BCUT2D eigenvalue weighted by molar-refractivity contribution is 8.02. The molecule has 23 heavy (non-hydrogen) atoms. The summed E-state index contributed by atoms with van der Waals surface area (Å²) in [5.74, 6) is 0.649. The van der Waals surface area contributed by atoms with Crippen LogP contribution in [0.25, 0.3) is 0 Å². The van der Waals surface area contributed by atoms with Crippen LogP contribution in [0.1, 0.15) is 46.5 Å². The van der Waals surface area contributed by atoms with E-state index in [0.29, 0.717) is 18.8 Å². The molecule has 0 spiro atoms. The summed E-state index contributed by atoms with van der Waals surface area (Å²) in [4.78, 5) is 27.3. The first kappa shape index (κ1) is 16.4. The minimum Gasteiger partial charge on any atom is -0.351 e. The molecule has 1 aromatic rings. The minimum absolute atomic E-state index is 0.0270. The standard InChI is InChI=1S/C18H24N2O2S/c1-12(2)8-9-13(3)19-17(22)18-11-10-16(21)20(18)14-6-4-5-7-15(14)23-18/h4-7,12-13H,8-11H2,1-3H3,(H,19,22). The molecule has 0 saturated carbocycles. The Hall–Kier alpha value is -1.49. The molecule has 2 atom stereocenters. The number of nitrogens with zero attached hydrogens (tertiary/aromatic N) is 1. The maximum absolute atomic E-state index is 13.0. The van der Waals surface area contributed by atoms with Crippen molar-refractivity contribution in [1.82, 2.24) is 5.32 Å². The maximum Gasteiger partial charge on any atom is 0.257 e. The molecule has 2 aliphatic rings. The van der Waals surface area contributed by atoms with Crippen LogP contribution >= 0.6 is 11.8 Å². The zero-order valence-electron chi connectivity index (χ0n) is 14.0. The van der Waals surface area contributed by atoms with Gasteiger partial charge < -0.3 is 5.32 Å². The third kappa shape index (κ3) is 2.87. The van der Waals surface area contributed by atoms with Crippen molar-refractivity contribution in [2.45, 2.75) is 62.3 Å². The lowest BCUT2D eigenvalue weighted by atomic mass is 10.0. The van der Waals surface area contributed by atoms with Gasteiger partial charge in [0.2, 0.25) is 5.91 Å². The van der Waals surface area contributed by atoms with E-state index in [1.54, 1.807) is 4.90 Å². The Morgan fingerprint density at radius 1 is 1.30 bits per heavy atom. The van der Waals surface area contributed by atoms with Crippen molar-refractivity contribution in [1.29, 1.82) is 0 Å². The second kappa shape index (κ2) is 6.19. The molecule has 1 fully saturated rings. The Labute approximate surface area is 142 Å². The predicted molar refractivity (Wildman–Crippen MR) is 93.4 cm³/mol. The van der Waals surface area contributed by atoms with Crippen LogP contribution in [0.5, 0.6) is 0 Å². The van der Waals surface area contributed by atoms with Gasteiger partial charge in [0.1, 0.15) is 0 Å². The van der Waals surface area contributed by atoms with Crippen molar-refractivity contribution in [3.05, 3.63) is 24.3 Å². The van der Waals surface area contributed by atoms with Gasteiger partial charge in [0.05, 0.1) is 5.69 Å². The number of carbonyl (C=O) groups excluding carboxylic acids is 2. The van der Waals surface area contributed by atoms with Gasteiger partial charge in [0.15, 0.2) is 4.87 Å². The molecular formula is C18H24N2O2S. The normalized spacial score (nSPS) is 23.8. The average molecular weight is 332 g/mol. The van der Waals surface area contributed by atoms with Gasteiger partial charge in [-0.05, 0) is 44.2 Å². The van der Waals surface area contributed by atoms with Crippen LogP contribution < -0.4 is 10.2 Å². The summed E-state index contributed by atoms with van der Waals surface area (Å²) < 4.78 is 0. The molecule has 2 unspecified atom stereocenters. The molecule has 1 aromatic carbocycles. The number of benzene rings is 1. The minimum atomic E-state index is -0.785. The molecule has 2 amide bonds. The van der Waals surface area contributed by atoms with Crippen molar-refractivity contribution in [3.63, 3.8) is 0 Å². The monoisotopic (exact) mass is 332 g/mol. The van der Waals surface area contributed by atoms with Crippen molar-refractivity contribution in [2.75, 3.05) is 4.90 Å². The van der Waals surface area contributed by atoms with E-state index in [0.717, 1.165) is 23.4 Å². The first-order chi connectivity index (χ1) is 10.9. The fourth-order valence-electron chi connectivity index (χ4n) is 3.29. The number of rotatable bonds is 5. The molecule has 0 bridgehead atoms. The Morgan fingerprint density at radius 3 is 2.78 bits per heavy atom.